The first kappa shape index (κ1) is 15.2. The quantitative estimate of drug-likeness (QED) is 0.721. The largest absolute Gasteiger partial charge is 0.396 e. The highest BCUT2D eigenvalue weighted by molar-refractivity contribution is 5.24. The molecule has 4 saturated carbocycles. The van der Waals surface area contributed by atoms with Crippen LogP contribution in [0.2, 0.25) is 0 Å². The fourth-order valence-electron chi connectivity index (χ4n) is 7.58. The van der Waals surface area contributed by atoms with E-state index < -0.39 is 0 Å². The van der Waals surface area contributed by atoms with E-state index in [9.17, 15) is 10.2 Å². The van der Waals surface area contributed by atoms with Crippen LogP contribution in [-0.2, 0) is 0 Å². The summed E-state index contributed by atoms with van der Waals surface area (Å²) in [6.45, 7) is 9.36. The maximum Gasteiger partial charge on any atom is 0.0605 e. The Morgan fingerprint density at radius 1 is 1.18 bits per heavy atom. The Labute approximate surface area is 135 Å². The first-order valence-corrected chi connectivity index (χ1v) is 9.32. The van der Waals surface area contributed by atoms with Crippen LogP contribution in [0.15, 0.2) is 12.2 Å². The van der Waals surface area contributed by atoms with Crippen molar-refractivity contribution < 1.29 is 10.2 Å². The lowest BCUT2D eigenvalue weighted by Gasteiger charge is -2.65. The highest BCUT2D eigenvalue weighted by atomic mass is 16.3. The van der Waals surface area contributed by atoms with Crippen molar-refractivity contribution in [2.24, 2.45) is 34.0 Å². The first-order chi connectivity index (χ1) is 10.4. The van der Waals surface area contributed by atoms with Gasteiger partial charge in [0.1, 0.15) is 0 Å². The number of aliphatic hydroxyl groups is 2. The van der Waals surface area contributed by atoms with Gasteiger partial charge in [0, 0.05) is 12.0 Å². The molecular weight excluding hydrogens is 272 g/mol. The van der Waals surface area contributed by atoms with E-state index in [0.717, 1.165) is 19.3 Å². The molecule has 1 spiro atoms. The van der Waals surface area contributed by atoms with Gasteiger partial charge in [0.2, 0.25) is 0 Å². The third kappa shape index (κ3) is 1.69. The number of rotatable bonds is 1. The zero-order chi connectivity index (χ0) is 15.8. The van der Waals surface area contributed by atoms with E-state index >= 15 is 0 Å². The van der Waals surface area contributed by atoms with Crippen molar-refractivity contribution in [1.29, 1.82) is 0 Å². The predicted octanol–water partition coefficient (Wildman–Crippen LogP) is 3.92. The molecule has 0 radical (unpaired) electrons. The topological polar surface area (TPSA) is 40.5 Å². The van der Waals surface area contributed by atoms with Gasteiger partial charge in [-0.2, -0.15) is 0 Å². The summed E-state index contributed by atoms with van der Waals surface area (Å²) >= 11 is 0. The Kier molecular flexibility index (Phi) is 3.18. The molecule has 4 aliphatic rings. The molecule has 7 atom stereocenters. The Hall–Kier alpha value is -0.340. The second kappa shape index (κ2) is 4.60. The minimum atomic E-state index is -0.193. The van der Waals surface area contributed by atoms with Gasteiger partial charge < -0.3 is 10.2 Å². The first-order valence-electron chi connectivity index (χ1n) is 9.32. The van der Waals surface area contributed by atoms with E-state index in [-0.39, 0.29) is 23.5 Å². The van der Waals surface area contributed by atoms with Crippen LogP contribution in [0.5, 0.6) is 0 Å². The van der Waals surface area contributed by atoms with Crippen molar-refractivity contribution in [2.75, 3.05) is 6.61 Å². The molecule has 2 N–H and O–H groups in total. The van der Waals surface area contributed by atoms with Gasteiger partial charge in [0.15, 0.2) is 0 Å². The molecule has 2 nitrogen and oxygen atoms in total. The van der Waals surface area contributed by atoms with Gasteiger partial charge in [-0.25, -0.2) is 0 Å². The number of hydrogen-bond acceptors (Lipinski definition) is 2. The third-order valence-corrected chi connectivity index (χ3v) is 8.64. The molecule has 4 aliphatic carbocycles. The van der Waals surface area contributed by atoms with Gasteiger partial charge in [0.25, 0.3) is 0 Å². The van der Waals surface area contributed by atoms with Crippen molar-refractivity contribution in [3.63, 3.8) is 0 Å². The van der Waals surface area contributed by atoms with Crippen molar-refractivity contribution in [1.82, 2.24) is 0 Å². The molecule has 0 amide bonds. The summed E-state index contributed by atoms with van der Waals surface area (Å²) in [7, 11) is 0. The van der Waals surface area contributed by atoms with Gasteiger partial charge in [-0.15, -0.1) is 0 Å². The van der Waals surface area contributed by atoms with Crippen molar-refractivity contribution in [2.45, 2.75) is 71.3 Å². The van der Waals surface area contributed by atoms with E-state index in [1.807, 2.05) is 0 Å². The monoisotopic (exact) mass is 304 g/mol. The van der Waals surface area contributed by atoms with E-state index in [4.69, 9.17) is 0 Å². The van der Waals surface area contributed by atoms with Crippen LogP contribution in [0.4, 0.5) is 0 Å². The molecule has 0 unspecified atom stereocenters. The van der Waals surface area contributed by atoms with Crippen LogP contribution in [0.3, 0.4) is 0 Å². The van der Waals surface area contributed by atoms with Crippen LogP contribution in [0.1, 0.15) is 65.2 Å². The highest BCUT2D eigenvalue weighted by Crippen LogP contribution is 2.71. The minimum absolute atomic E-state index is 0.00204. The average Bonchev–Trinajstić information content (AvgIpc) is 2.73. The van der Waals surface area contributed by atoms with Crippen LogP contribution < -0.4 is 0 Å². The molecule has 4 fully saturated rings. The number of aliphatic hydroxyl groups excluding tert-OH is 2. The Bertz CT molecular complexity index is 500. The molecule has 2 bridgehead atoms. The summed E-state index contributed by atoms with van der Waals surface area (Å²) < 4.78 is 0. The minimum Gasteiger partial charge on any atom is -0.396 e. The second-order valence-electron chi connectivity index (χ2n) is 9.57. The zero-order valence-electron chi connectivity index (χ0n) is 14.3. The smallest absolute Gasteiger partial charge is 0.0605 e. The normalized spacial score (nSPS) is 57.4. The van der Waals surface area contributed by atoms with Crippen LogP contribution >= 0.6 is 0 Å². The number of allylic oxidation sites excluding steroid dienone is 1. The summed E-state index contributed by atoms with van der Waals surface area (Å²) in [4.78, 5) is 0. The predicted molar refractivity (Wildman–Crippen MR) is 88.3 cm³/mol. The van der Waals surface area contributed by atoms with Crippen molar-refractivity contribution in [3.05, 3.63) is 12.2 Å². The standard InChI is InChI=1S/C20H32O2/c1-13-10-20-11-14(13)5-6-15(20)19(3)8-4-7-18(2,12-21)16(19)9-17(20)22/h14-17,21-22H,1,4-12H2,2-3H3/t14-,15+,16-,17+,18-,19+,20+/m1/s1. The summed E-state index contributed by atoms with van der Waals surface area (Å²) in [5.74, 6) is 1.75. The molecule has 0 aliphatic heterocycles. The number of hydrogen-bond donors (Lipinski definition) is 2. The Balaban J connectivity index is 1.78. The van der Waals surface area contributed by atoms with Crippen molar-refractivity contribution >= 4 is 0 Å². The fraction of sp³-hybridized carbons (Fsp3) is 0.900. The molecule has 22 heavy (non-hydrogen) atoms. The SMILES string of the molecule is C=C1C[C@]23C[C@H]1CC[C@H]2[C@]1(C)CCC[C@](C)(CO)[C@H]1C[C@@H]3O. The number of fused-ring (bicyclic) bond motifs is 3. The third-order valence-electron chi connectivity index (χ3n) is 8.64. The van der Waals surface area contributed by atoms with Crippen LogP contribution in [0, 0.1) is 34.0 Å². The maximum atomic E-state index is 11.2. The molecule has 0 heterocycles. The van der Waals surface area contributed by atoms with Gasteiger partial charge in [0.05, 0.1) is 6.10 Å². The summed E-state index contributed by atoms with van der Waals surface area (Å²) in [6, 6.07) is 0. The van der Waals surface area contributed by atoms with E-state index in [0.29, 0.717) is 23.2 Å². The van der Waals surface area contributed by atoms with E-state index in [1.165, 1.54) is 37.7 Å². The molecule has 0 aromatic rings. The maximum absolute atomic E-state index is 11.2. The molecule has 0 saturated heterocycles. The van der Waals surface area contributed by atoms with Crippen molar-refractivity contribution in [3.8, 4) is 0 Å². The lowest BCUT2D eigenvalue weighted by molar-refractivity contribution is -0.205. The van der Waals surface area contributed by atoms with E-state index in [2.05, 4.69) is 20.4 Å². The van der Waals surface area contributed by atoms with Crippen LogP contribution in [-0.4, -0.2) is 22.9 Å². The van der Waals surface area contributed by atoms with Gasteiger partial charge in [-0.3, -0.25) is 0 Å². The summed E-state index contributed by atoms with van der Waals surface area (Å²) in [5.41, 5.74) is 1.82. The van der Waals surface area contributed by atoms with Crippen LogP contribution in [0.25, 0.3) is 0 Å². The summed E-state index contributed by atoms with van der Waals surface area (Å²) in [5, 5.41) is 21.2. The van der Waals surface area contributed by atoms with Gasteiger partial charge in [-0.1, -0.05) is 32.4 Å². The van der Waals surface area contributed by atoms with Gasteiger partial charge >= 0.3 is 0 Å². The molecule has 0 aromatic carbocycles. The molecule has 0 aromatic heterocycles. The lowest BCUT2D eigenvalue weighted by Crippen LogP contribution is -2.62. The molecule has 2 heteroatoms. The molecule has 124 valence electrons. The zero-order valence-corrected chi connectivity index (χ0v) is 14.3. The highest BCUT2D eigenvalue weighted by Gasteiger charge is 2.66. The molecule has 4 rings (SSSR count). The van der Waals surface area contributed by atoms with Gasteiger partial charge in [-0.05, 0) is 73.5 Å². The Morgan fingerprint density at radius 2 is 1.95 bits per heavy atom. The Morgan fingerprint density at radius 3 is 2.68 bits per heavy atom. The fourth-order valence-corrected chi connectivity index (χ4v) is 7.58. The average molecular weight is 304 g/mol. The second-order valence-corrected chi connectivity index (χ2v) is 9.57. The van der Waals surface area contributed by atoms with E-state index in [1.54, 1.807) is 0 Å². The summed E-state index contributed by atoms with van der Waals surface area (Å²) in [6.07, 6.45) is 9.10. The molecular formula is C20H32O2. The lowest BCUT2D eigenvalue weighted by atomic mass is 9.40.